The quantitative estimate of drug-likeness (QED) is 0.0782. The van der Waals surface area contributed by atoms with Crippen LogP contribution in [-0.4, -0.2) is 40.1 Å². The number of carbonyl (C=O) groups is 6. The molecule has 2 N–H and O–H groups in total. The Balaban J connectivity index is 0.000000154. The van der Waals surface area contributed by atoms with Crippen LogP contribution >= 0.6 is 31.9 Å². The lowest BCUT2D eigenvalue weighted by Gasteiger charge is -2.41. The van der Waals surface area contributed by atoms with Crippen LogP contribution in [0.25, 0.3) is 5.76 Å². The van der Waals surface area contributed by atoms with Gasteiger partial charge >= 0.3 is 0 Å². The zero-order chi connectivity index (χ0) is 50.6. The second-order valence-corrected chi connectivity index (χ2v) is 18.1. The van der Waals surface area contributed by atoms with Crippen molar-refractivity contribution in [2.45, 2.75) is 25.2 Å². The number of ketones is 4. The van der Waals surface area contributed by atoms with Gasteiger partial charge in [-0.05, 0) is 61.2 Å². The number of aliphatic hydroxyl groups excluding tert-OH is 1. The van der Waals surface area contributed by atoms with Gasteiger partial charge < -0.3 is 20.1 Å². The molecule has 1 atom stereocenters. The molecular formula is C60H44Br2N2O8. The second-order valence-electron chi connectivity index (χ2n) is 16.4. The number of amides is 2. The number of anilines is 2. The van der Waals surface area contributed by atoms with E-state index in [1.807, 2.05) is 140 Å². The molecule has 0 aliphatic carbocycles. The normalized spacial score (nSPS) is 14.7. The fourth-order valence-corrected chi connectivity index (χ4v) is 9.26. The number of para-hydroxylation sites is 2. The van der Waals surface area contributed by atoms with E-state index in [1.165, 1.54) is 0 Å². The van der Waals surface area contributed by atoms with Gasteiger partial charge in [-0.15, -0.1) is 0 Å². The number of halogens is 2. The highest BCUT2D eigenvalue weighted by molar-refractivity contribution is 9.11. The van der Waals surface area contributed by atoms with Gasteiger partial charge in [-0.2, -0.15) is 0 Å². The lowest BCUT2D eigenvalue weighted by Crippen LogP contribution is -2.51. The van der Waals surface area contributed by atoms with Crippen molar-refractivity contribution in [3.8, 4) is 0 Å². The molecule has 0 saturated carbocycles. The summed E-state index contributed by atoms with van der Waals surface area (Å²) in [5, 5.41) is 11.0. The first-order chi connectivity index (χ1) is 35.0. The Hall–Kier alpha value is -8.16. The van der Waals surface area contributed by atoms with Gasteiger partial charge in [0, 0.05) is 36.8 Å². The van der Waals surface area contributed by atoms with Crippen molar-refractivity contribution in [2.75, 3.05) is 10.2 Å². The lowest BCUT2D eigenvalue weighted by molar-refractivity contribution is -0.135. The molecule has 12 heteroatoms. The van der Waals surface area contributed by atoms with Crippen LogP contribution in [0.4, 0.5) is 11.4 Å². The number of nitrogens with zero attached hydrogens (tertiary/aromatic N) is 1. The third-order valence-corrected chi connectivity index (χ3v) is 13.0. The Morgan fingerprint density at radius 1 is 0.542 bits per heavy atom. The Kier molecular flexibility index (Phi) is 16.2. The molecule has 3 aliphatic rings. The van der Waals surface area contributed by atoms with E-state index in [4.69, 9.17) is 9.84 Å². The molecule has 356 valence electrons. The summed E-state index contributed by atoms with van der Waals surface area (Å²) < 4.78 is 7.95. The summed E-state index contributed by atoms with van der Waals surface area (Å²) in [7, 11) is 0. The molecule has 0 unspecified atom stereocenters. The minimum atomic E-state index is -1.49. The van der Waals surface area contributed by atoms with Crippen molar-refractivity contribution >= 4 is 83.9 Å². The minimum absolute atomic E-state index is 0.0754. The van der Waals surface area contributed by atoms with E-state index in [9.17, 15) is 28.8 Å². The second kappa shape index (κ2) is 23.2. The van der Waals surface area contributed by atoms with Crippen LogP contribution in [0.1, 0.15) is 70.1 Å². The summed E-state index contributed by atoms with van der Waals surface area (Å²) in [4.78, 5) is 75.5. The molecule has 0 bridgehead atoms. The van der Waals surface area contributed by atoms with E-state index in [2.05, 4.69) is 37.2 Å². The molecule has 0 fully saturated rings. The topological polar surface area (TPSA) is 147 Å². The number of hydrogen-bond acceptors (Lipinski definition) is 8. The van der Waals surface area contributed by atoms with Crippen LogP contribution < -0.4 is 10.2 Å². The van der Waals surface area contributed by atoms with Crippen LogP contribution in [0.15, 0.2) is 233 Å². The number of rotatable bonds is 10. The molecule has 3 heterocycles. The summed E-state index contributed by atoms with van der Waals surface area (Å²) in [6.45, 7) is 0.509. The maximum atomic E-state index is 14.2. The summed E-state index contributed by atoms with van der Waals surface area (Å²) in [6, 6.07) is 66.4. The van der Waals surface area contributed by atoms with Crippen LogP contribution in [0.2, 0.25) is 0 Å². The highest BCUT2D eigenvalue weighted by atomic mass is 79.9. The Morgan fingerprint density at radius 3 is 1.53 bits per heavy atom. The first-order valence-electron chi connectivity index (χ1n) is 22.7. The van der Waals surface area contributed by atoms with Gasteiger partial charge in [0.1, 0.15) is 11.3 Å². The number of ether oxygens (including phenoxy) is 1. The van der Waals surface area contributed by atoms with Crippen LogP contribution in [0.5, 0.6) is 0 Å². The summed E-state index contributed by atoms with van der Waals surface area (Å²) in [5.74, 6) is -1.33. The first kappa shape index (κ1) is 50.2. The monoisotopic (exact) mass is 1080 g/mol. The molecule has 0 aromatic heterocycles. The molecular weight excluding hydrogens is 1040 g/mol. The maximum Gasteiger partial charge on any atom is 0.296 e. The van der Waals surface area contributed by atoms with E-state index in [0.717, 1.165) is 31.3 Å². The van der Waals surface area contributed by atoms with Gasteiger partial charge in [0.05, 0.1) is 36.5 Å². The third kappa shape index (κ3) is 10.9. The van der Waals surface area contributed by atoms with Crippen molar-refractivity contribution in [2.24, 2.45) is 0 Å². The largest absolute Gasteiger partial charge is 0.466 e. The van der Waals surface area contributed by atoms with Crippen molar-refractivity contribution in [1.82, 2.24) is 0 Å². The molecule has 8 aromatic rings. The van der Waals surface area contributed by atoms with Crippen LogP contribution in [0.3, 0.4) is 0 Å². The molecule has 3 aliphatic heterocycles. The van der Waals surface area contributed by atoms with E-state index in [-0.39, 0.29) is 36.3 Å². The zero-order valence-corrected chi connectivity index (χ0v) is 41.6. The number of nitrogens with one attached hydrogen (secondary N) is 1. The molecule has 8 aromatic carbocycles. The van der Waals surface area contributed by atoms with Crippen molar-refractivity contribution in [1.29, 1.82) is 0 Å². The highest BCUT2D eigenvalue weighted by Crippen LogP contribution is 2.59. The number of aliphatic hydroxyl groups is 1. The van der Waals surface area contributed by atoms with Crippen molar-refractivity contribution < 1.29 is 38.6 Å². The van der Waals surface area contributed by atoms with Crippen molar-refractivity contribution in [3.63, 3.8) is 0 Å². The Bertz CT molecular complexity index is 3250. The summed E-state index contributed by atoms with van der Waals surface area (Å²) in [5.41, 5.74) is 5.69. The van der Waals surface area contributed by atoms with Crippen molar-refractivity contribution in [3.05, 3.63) is 277 Å². The van der Waals surface area contributed by atoms with E-state index < -0.39 is 17.3 Å². The average molecular weight is 1080 g/mol. The van der Waals surface area contributed by atoms with Gasteiger partial charge in [0.15, 0.2) is 17.3 Å². The number of Topliss-reactive ketones (excluding diaryl/α,β-unsaturated/α-hetero) is 4. The standard InChI is InChI=1S/C30H20BrNO3.C15H12O2.C8H4BrNO2.C7H8O/c31-24-18-10-17-23-26(24)32(19-20-11-4-1-5-12-20)29(34)30(23)25(27(33)21-13-6-2-7-14-21)28(35-30)22-15-8-3-9-16-22;16-14(12-7-3-1-4-8-12)11-15(17)13-9-5-2-6-10-13;9-5-3-1-2-4-6(5)10-8(12)7(4)11;8-6-7-4-2-1-3-5-7/h1-18H,19H2;1-10H,11H2;1-3H,(H,10,11,12);1-5,8H,6H2/t30-;;;/m1.../s1. The van der Waals surface area contributed by atoms with Gasteiger partial charge in [-0.1, -0.05) is 200 Å². The van der Waals surface area contributed by atoms with Gasteiger partial charge in [-0.3, -0.25) is 28.8 Å². The maximum absolute atomic E-state index is 14.2. The summed E-state index contributed by atoms with van der Waals surface area (Å²) in [6.07, 6.45) is -0.0754. The number of fused-ring (bicyclic) bond motifs is 3. The Labute approximate surface area is 432 Å². The lowest BCUT2D eigenvalue weighted by atomic mass is 9.76. The highest BCUT2D eigenvalue weighted by Gasteiger charge is 2.65. The van der Waals surface area contributed by atoms with Gasteiger partial charge in [0.2, 0.25) is 5.60 Å². The fourth-order valence-electron chi connectivity index (χ4n) is 8.21. The molecule has 0 radical (unpaired) electrons. The molecule has 11 rings (SSSR count). The van der Waals surface area contributed by atoms with Gasteiger partial charge in [-0.25, -0.2) is 0 Å². The molecule has 10 nitrogen and oxygen atoms in total. The average Bonchev–Trinajstić information content (AvgIpc) is 3.86. The Morgan fingerprint density at radius 2 is 1.01 bits per heavy atom. The molecule has 2 amide bonds. The number of benzene rings is 8. The minimum Gasteiger partial charge on any atom is -0.466 e. The fraction of sp³-hybridized carbons (Fsp3) is 0.0667. The SMILES string of the molecule is O=C(C1=C(c2ccccc2)O[C@@]12C(=O)N(Cc1ccccc1)c1c(Br)cccc12)c1ccccc1.O=C(CC(=O)c1ccccc1)c1ccccc1.O=C1Nc2c(Br)cccc2C1=O.OCc1ccccc1. The number of hydrogen-bond donors (Lipinski definition) is 2. The molecule has 72 heavy (non-hydrogen) atoms. The van der Waals surface area contributed by atoms with E-state index in [1.54, 1.807) is 83.8 Å². The predicted molar refractivity (Wildman–Crippen MR) is 284 cm³/mol. The smallest absolute Gasteiger partial charge is 0.296 e. The van der Waals surface area contributed by atoms with E-state index >= 15 is 0 Å². The first-order valence-corrected chi connectivity index (χ1v) is 24.3. The van der Waals surface area contributed by atoms with Crippen LogP contribution in [-0.2, 0) is 33.1 Å². The van der Waals surface area contributed by atoms with E-state index in [0.29, 0.717) is 51.4 Å². The predicted octanol–water partition coefficient (Wildman–Crippen LogP) is 12.4. The number of carbonyl (C=O) groups excluding carboxylic acids is 6. The third-order valence-electron chi connectivity index (χ3n) is 11.7. The zero-order valence-electron chi connectivity index (χ0n) is 38.4. The van der Waals surface area contributed by atoms with Gasteiger partial charge in [0.25, 0.3) is 17.6 Å². The van der Waals surface area contributed by atoms with Crippen LogP contribution in [0, 0.1) is 0 Å². The summed E-state index contributed by atoms with van der Waals surface area (Å²) >= 11 is 6.88. The molecule has 0 saturated heterocycles. The molecule has 1 spiro atoms.